The molecule has 2 aromatic heterocycles. The Hall–Kier alpha value is -2.97. The van der Waals surface area contributed by atoms with Crippen molar-refractivity contribution in [3.8, 4) is 5.82 Å². The first-order chi connectivity index (χ1) is 13.4. The third-order valence-corrected chi connectivity index (χ3v) is 4.69. The van der Waals surface area contributed by atoms with E-state index in [1.54, 1.807) is 6.07 Å². The molecule has 0 aliphatic rings. The summed E-state index contributed by atoms with van der Waals surface area (Å²) in [6.45, 7) is 0.342. The van der Waals surface area contributed by atoms with Crippen molar-refractivity contribution in [3.63, 3.8) is 0 Å². The molecule has 1 N–H and O–H groups in total. The Morgan fingerprint density at radius 3 is 2.64 bits per heavy atom. The lowest BCUT2D eigenvalue weighted by atomic mass is 10.1. The molecule has 0 bridgehead atoms. The van der Waals surface area contributed by atoms with Crippen LogP contribution in [0.15, 0.2) is 52.3 Å². The summed E-state index contributed by atoms with van der Waals surface area (Å²) in [6.07, 6.45) is 2.78. The molecule has 0 aliphatic carbocycles. The molecule has 144 valence electrons. The van der Waals surface area contributed by atoms with Gasteiger partial charge in [-0.15, -0.1) is 0 Å². The first-order valence-corrected chi connectivity index (χ1v) is 8.97. The lowest BCUT2D eigenvalue weighted by Gasteiger charge is -2.10. The fraction of sp³-hybridized carbons (Fsp3) is 0.167. The summed E-state index contributed by atoms with van der Waals surface area (Å²) in [5, 5.41) is 7.27. The van der Waals surface area contributed by atoms with Gasteiger partial charge >= 0.3 is 5.69 Å². The molecule has 0 spiro atoms. The van der Waals surface area contributed by atoms with Crippen LogP contribution in [0.5, 0.6) is 0 Å². The number of nitrogens with zero attached hydrogens (tertiary/aromatic N) is 4. The molecule has 2 heterocycles. The van der Waals surface area contributed by atoms with E-state index in [9.17, 15) is 14.4 Å². The van der Waals surface area contributed by atoms with Gasteiger partial charge in [-0.05, 0) is 24.1 Å². The third-order valence-electron chi connectivity index (χ3n) is 4.02. The van der Waals surface area contributed by atoms with Crippen molar-refractivity contribution in [2.24, 2.45) is 7.05 Å². The highest BCUT2D eigenvalue weighted by Gasteiger charge is 2.15. The Balaban J connectivity index is 1.81. The zero-order valence-corrected chi connectivity index (χ0v) is 16.2. The van der Waals surface area contributed by atoms with E-state index in [0.29, 0.717) is 18.0 Å². The number of carbonyl (C=O) groups excluding carboxylic acids is 1. The van der Waals surface area contributed by atoms with Crippen molar-refractivity contribution in [1.82, 2.24) is 24.6 Å². The monoisotopic (exact) mass is 419 g/mol. The summed E-state index contributed by atoms with van der Waals surface area (Å²) in [6, 6.07) is 8.70. The van der Waals surface area contributed by atoms with Crippen molar-refractivity contribution >= 4 is 29.1 Å². The lowest BCUT2D eigenvalue weighted by molar-refractivity contribution is 0.0954. The van der Waals surface area contributed by atoms with Crippen LogP contribution in [0.1, 0.15) is 15.9 Å². The number of nitrogens with one attached hydrogen (secondary N) is 1. The molecular weight excluding hydrogens is 405 g/mol. The van der Waals surface area contributed by atoms with Crippen molar-refractivity contribution in [3.05, 3.63) is 84.7 Å². The van der Waals surface area contributed by atoms with Gasteiger partial charge in [0.2, 0.25) is 0 Å². The first-order valence-electron chi connectivity index (χ1n) is 8.21. The normalized spacial score (nSPS) is 10.7. The highest BCUT2D eigenvalue weighted by Crippen LogP contribution is 2.17. The number of pyridine rings is 1. The predicted molar refractivity (Wildman–Crippen MR) is 105 cm³/mol. The molecule has 3 rings (SSSR count). The third kappa shape index (κ3) is 4.13. The molecule has 0 atom stereocenters. The number of amides is 1. The van der Waals surface area contributed by atoms with E-state index in [-0.39, 0.29) is 16.4 Å². The van der Waals surface area contributed by atoms with Crippen LogP contribution in [0.4, 0.5) is 0 Å². The van der Waals surface area contributed by atoms with E-state index in [1.807, 2.05) is 18.2 Å². The van der Waals surface area contributed by atoms with E-state index in [4.69, 9.17) is 23.2 Å². The van der Waals surface area contributed by atoms with Crippen LogP contribution in [0.25, 0.3) is 5.82 Å². The van der Waals surface area contributed by atoms with Gasteiger partial charge in [-0.2, -0.15) is 9.78 Å². The van der Waals surface area contributed by atoms with Gasteiger partial charge in [0.25, 0.3) is 11.5 Å². The average Bonchev–Trinajstić information content (AvgIpc) is 2.68. The zero-order valence-electron chi connectivity index (χ0n) is 14.7. The largest absolute Gasteiger partial charge is 0.353 e. The van der Waals surface area contributed by atoms with Crippen LogP contribution in [0.2, 0.25) is 10.0 Å². The Kier molecular flexibility index (Phi) is 5.91. The fourth-order valence-corrected chi connectivity index (χ4v) is 2.88. The smallest absolute Gasteiger partial charge is 0.352 e. The van der Waals surface area contributed by atoms with Crippen LogP contribution in [-0.2, 0) is 13.5 Å². The molecule has 0 radical (unpaired) electrons. The van der Waals surface area contributed by atoms with Crippen molar-refractivity contribution in [1.29, 1.82) is 0 Å². The van der Waals surface area contributed by atoms with Gasteiger partial charge in [0.15, 0.2) is 5.82 Å². The maximum Gasteiger partial charge on any atom is 0.353 e. The molecule has 0 saturated carbocycles. The molecule has 0 aliphatic heterocycles. The summed E-state index contributed by atoms with van der Waals surface area (Å²) in [5.41, 5.74) is -0.194. The summed E-state index contributed by atoms with van der Waals surface area (Å²) in [5.74, 6) is -0.361. The van der Waals surface area contributed by atoms with E-state index >= 15 is 0 Å². The average molecular weight is 420 g/mol. The van der Waals surface area contributed by atoms with Gasteiger partial charge in [-0.25, -0.2) is 9.78 Å². The van der Waals surface area contributed by atoms with Crippen LogP contribution >= 0.6 is 23.2 Å². The Morgan fingerprint density at radius 2 is 1.89 bits per heavy atom. The molecule has 1 aromatic carbocycles. The van der Waals surface area contributed by atoms with E-state index < -0.39 is 17.2 Å². The zero-order chi connectivity index (χ0) is 20.3. The minimum atomic E-state index is -0.688. The van der Waals surface area contributed by atoms with Crippen LogP contribution < -0.4 is 16.6 Å². The van der Waals surface area contributed by atoms with E-state index in [1.165, 1.54) is 19.3 Å². The molecule has 28 heavy (non-hydrogen) atoms. The minimum Gasteiger partial charge on any atom is -0.352 e. The van der Waals surface area contributed by atoms with Gasteiger partial charge in [0, 0.05) is 24.8 Å². The van der Waals surface area contributed by atoms with Crippen LogP contribution in [0, 0.1) is 0 Å². The molecule has 8 nitrogen and oxygen atoms in total. The molecular formula is C18H15Cl2N5O3. The molecule has 10 heteroatoms. The number of benzene rings is 1. The second kappa shape index (κ2) is 8.37. The Morgan fingerprint density at radius 1 is 1.14 bits per heavy atom. The lowest BCUT2D eigenvalue weighted by Crippen LogP contribution is -2.38. The number of aromatic nitrogens is 4. The van der Waals surface area contributed by atoms with E-state index in [2.05, 4.69) is 15.4 Å². The standard InChI is InChI=1S/C18H15Cl2N5O3/c1-24-16(26)10-23-25(18(24)28)15-8-12(14(20)9-22-15)17(27)21-7-6-11-4-2-3-5-13(11)19/h2-5,8-10H,6-7H2,1H3,(H,21,27). The first kappa shape index (κ1) is 19.8. The van der Waals surface area contributed by atoms with Crippen LogP contribution in [-0.4, -0.2) is 31.8 Å². The van der Waals surface area contributed by atoms with E-state index in [0.717, 1.165) is 21.0 Å². The quantitative estimate of drug-likeness (QED) is 0.676. The number of halogens is 2. The topological polar surface area (TPSA) is 98.9 Å². The van der Waals surface area contributed by atoms with Gasteiger partial charge in [0.05, 0.1) is 10.6 Å². The highest BCUT2D eigenvalue weighted by atomic mass is 35.5. The number of hydrogen-bond donors (Lipinski definition) is 1. The summed E-state index contributed by atoms with van der Waals surface area (Å²) >= 11 is 12.2. The maximum atomic E-state index is 12.5. The van der Waals surface area contributed by atoms with Crippen molar-refractivity contribution < 1.29 is 4.79 Å². The predicted octanol–water partition coefficient (Wildman–Crippen LogP) is 1.61. The SMILES string of the molecule is Cn1c(=O)cnn(-c2cc(C(=O)NCCc3ccccc3Cl)c(Cl)cn2)c1=O. The van der Waals surface area contributed by atoms with Gasteiger partial charge in [0.1, 0.15) is 6.20 Å². The highest BCUT2D eigenvalue weighted by molar-refractivity contribution is 6.33. The number of rotatable bonds is 5. The summed E-state index contributed by atoms with van der Waals surface area (Å²) < 4.78 is 1.80. The molecule has 3 aromatic rings. The maximum absolute atomic E-state index is 12.5. The molecule has 0 fully saturated rings. The van der Waals surface area contributed by atoms with Crippen molar-refractivity contribution in [2.45, 2.75) is 6.42 Å². The van der Waals surface area contributed by atoms with Gasteiger partial charge in [-0.3, -0.25) is 14.2 Å². The molecule has 1 amide bonds. The van der Waals surface area contributed by atoms with Gasteiger partial charge < -0.3 is 5.32 Å². The number of carbonyl (C=O) groups is 1. The second-order valence-corrected chi connectivity index (χ2v) is 6.67. The van der Waals surface area contributed by atoms with Crippen molar-refractivity contribution in [2.75, 3.05) is 6.54 Å². The summed E-state index contributed by atoms with van der Waals surface area (Å²) in [4.78, 5) is 40.2. The second-order valence-electron chi connectivity index (χ2n) is 5.86. The van der Waals surface area contributed by atoms with Crippen LogP contribution in [0.3, 0.4) is 0 Å². The Bertz CT molecular complexity index is 1160. The van der Waals surface area contributed by atoms with Gasteiger partial charge in [-0.1, -0.05) is 41.4 Å². The number of hydrogen-bond acceptors (Lipinski definition) is 5. The Labute approximate surface area is 169 Å². The molecule has 0 saturated heterocycles. The minimum absolute atomic E-state index is 0.0706. The summed E-state index contributed by atoms with van der Waals surface area (Å²) in [7, 11) is 1.32. The fourth-order valence-electron chi connectivity index (χ4n) is 2.46. The molecule has 0 unspecified atom stereocenters.